The zero-order valence-electron chi connectivity index (χ0n) is 8.02. The van der Waals surface area contributed by atoms with E-state index in [1.54, 1.807) is 24.3 Å². The summed E-state index contributed by atoms with van der Waals surface area (Å²) in [4.78, 5) is 0. The van der Waals surface area contributed by atoms with Crippen molar-refractivity contribution in [2.75, 3.05) is 5.88 Å². The van der Waals surface area contributed by atoms with Crippen LogP contribution in [0.1, 0.15) is 17.2 Å². The molecule has 0 aliphatic rings. The number of alkyl halides is 1. The minimum absolute atomic E-state index is 0.0760. The Morgan fingerprint density at radius 3 is 2.53 bits per heavy atom. The molecule has 2 unspecified atom stereocenters. The summed E-state index contributed by atoms with van der Waals surface area (Å²) < 4.78 is 0. The van der Waals surface area contributed by atoms with E-state index in [1.165, 1.54) is 0 Å². The van der Waals surface area contributed by atoms with Crippen LogP contribution in [0.15, 0.2) is 24.3 Å². The molecule has 82 valence electrons. The number of aliphatic hydroxyl groups excluding tert-OH is 2. The Morgan fingerprint density at radius 2 is 2.00 bits per heavy atom. The zero-order chi connectivity index (χ0) is 11.4. The maximum Gasteiger partial charge on any atom is 0.123 e. The standard InChI is InChI=1S/C10H13ClN2O2/c11-5-8(14)9(15)6-3-1-2-4-7(6)10(12)13/h1-4,8-9,14-15H,5H2,(H3,12,13). The van der Waals surface area contributed by atoms with E-state index in [9.17, 15) is 10.2 Å². The summed E-state index contributed by atoms with van der Waals surface area (Å²) in [5.74, 6) is -0.223. The van der Waals surface area contributed by atoms with Crippen LogP contribution in [0.4, 0.5) is 0 Å². The van der Waals surface area contributed by atoms with E-state index in [0.29, 0.717) is 11.1 Å². The lowest BCUT2D eigenvalue weighted by atomic mass is 9.99. The van der Waals surface area contributed by atoms with Crippen LogP contribution in [-0.2, 0) is 0 Å². The third kappa shape index (κ3) is 2.68. The second-order valence-corrected chi connectivity index (χ2v) is 3.48. The van der Waals surface area contributed by atoms with E-state index in [4.69, 9.17) is 22.7 Å². The number of amidine groups is 1. The Morgan fingerprint density at radius 1 is 1.40 bits per heavy atom. The molecule has 1 aromatic carbocycles. The van der Waals surface area contributed by atoms with Gasteiger partial charge in [-0.05, 0) is 5.56 Å². The number of nitrogen functional groups attached to an aromatic ring is 1. The average molecular weight is 229 g/mol. The van der Waals surface area contributed by atoms with Crippen molar-refractivity contribution < 1.29 is 10.2 Å². The minimum Gasteiger partial charge on any atom is -0.389 e. The van der Waals surface area contributed by atoms with Crippen molar-refractivity contribution in [2.45, 2.75) is 12.2 Å². The molecule has 5 heteroatoms. The number of halogens is 1. The van der Waals surface area contributed by atoms with E-state index in [1.807, 2.05) is 0 Å². The number of rotatable bonds is 4. The smallest absolute Gasteiger partial charge is 0.123 e. The van der Waals surface area contributed by atoms with Gasteiger partial charge in [-0.2, -0.15) is 0 Å². The molecule has 2 atom stereocenters. The summed E-state index contributed by atoms with van der Waals surface area (Å²) >= 11 is 5.43. The van der Waals surface area contributed by atoms with Crippen LogP contribution in [0.2, 0.25) is 0 Å². The summed E-state index contributed by atoms with van der Waals surface area (Å²) in [7, 11) is 0. The second-order valence-electron chi connectivity index (χ2n) is 3.17. The fourth-order valence-corrected chi connectivity index (χ4v) is 1.46. The molecule has 0 saturated heterocycles. The van der Waals surface area contributed by atoms with Crippen LogP contribution in [0.5, 0.6) is 0 Å². The Balaban J connectivity index is 3.07. The maximum absolute atomic E-state index is 9.73. The van der Waals surface area contributed by atoms with Crippen LogP contribution in [0, 0.1) is 5.41 Å². The van der Waals surface area contributed by atoms with Gasteiger partial charge in [0.2, 0.25) is 0 Å². The van der Waals surface area contributed by atoms with Gasteiger partial charge in [0, 0.05) is 5.56 Å². The van der Waals surface area contributed by atoms with Gasteiger partial charge < -0.3 is 15.9 Å². The van der Waals surface area contributed by atoms with Gasteiger partial charge >= 0.3 is 0 Å². The van der Waals surface area contributed by atoms with E-state index < -0.39 is 12.2 Å². The monoisotopic (exact) mass is 228 g/mol. The predicted octanol–water partition coefficient (Wildman–Crippen LogP) is 0.604. The van der Waals surface area contributed by atoms with Crippen LogP contribution in [-0.4, -0.2) is 28.0 Å². The Bertz CT molecular complexity index is 357. The lowest BCUT2D eigenvalue weighted by molar-refractivity contribution is 0.0326. The summed E-state index contributed by atoms with van der Waals surface area (Å²) in [6, 6.07) is 6.63. The zero-order valence-corrected chi connectivity index (χ0v) is 8.78. The van der Waals surface area contributed by atoms with Crippen molar-refractivity contribution in [3.05, 3.63) is 35.4 Å². The Hall–Kier alpha value is -1.10. The normalized spacial score (nSPS) is 14.6. The number of nitrogens with two attached hydrogens (primary N) is 1. The summed E-state index contributed by atoms with van der Waals surface area (Å²) in [6.07, 6.45) is -2.19. The molecule has 0 aliphatic carbocycles. The third-order valence-electron chi connectivity index (χ3n) is 2.09. The molecule has 0 fully saturated rings. The van der Waals surface area contributed by atoms with Crippen molar-refractivity contribution in [1.82, 2.24) is 0 Å². The van der Waals surface area contributed by atoms with Crippen LogP contribution >= 0.6 is 11.6 Å². The molecular formula is C10H13ClN2O2. The van der Waals surface area contributed by atoms with Gasteiger partial charge in [0.05, 0.1) is 12.0 Å². The van der Waals surface area contributed by atoms with Gasteiger partial charge in [0.15, 0.2) is 0 Å². The summed E-state index contributed by atoms with van der Waals surface area (Å²) in [6.45, 7) is 0. The highest BCUT2D eigenvalue weighted by Crippen LogP contribution is 2.21. The van der Waals surface area contributed by atoms with Crippen molar-refractivity contribution in [1.29, 1.82) is 5.41 Å². The van der Waals surface area contributed by atoms with E-state index >= 15 is 0 Å². The maximum atomic E-state index is 9.73. The number of benzene rings is 1. The average Bonchev–Trinajstić information content (AvgIpc) is 2.27. The molecule has 0 saturated carbocycles. The van der Waals surface area contributed by atoms with Gasteiger partial charge in [-0.3, -0.25) is 5.41 Å². The van der Waals surface area contributed by atoms with Crippen LogP contribution < -0.4 is 5.73 Å². The molecule has 0 amide bonds. The molecular weight excluding hydrogens is 216 g/mol. The van der Waals surface area contributed by atoms with E-state index in [2.05, 4.69) is 0 Å². The summed E-state index contributed by atoms with van der Waals surface area (Å²) in [5, 5.41) is 26.4. The first-order valence-corrected chi connectivity index (χ1v) is 4.96. The van der Waals surface area contributed by atoms with Gasteiger partial charge in [0.25, 0.3) is 0 Å². The molecule has 0 bridgehead atoms. The Kier molecular flexibility index (Phi) is 4.08. The third-order valence-corrected chi connectivity index (χ3v) is 2.41. The summed E-state index contributed by atoms with van der Waals surface area (Å²) in [5.41, 5.74) is 6.18. The minimum atomic E-state index is -1.12. The molecule has 4 nitrogen and oxygen atoms in total. The fourth-order valence-electron chi connectivity index (χ4n) is 1.29. The number of hydrogen-bond donors (Lipinski definition) is 4. The molecule has 0 spiro atoms. The second kappa shape index (κ2) is 5.11. The lowest BCUT2D eigenvalue weighted by Crippen LogP contribution is -2.23. The predicted molar refractivity (Wildman–Crippen MR) is 59.1 cm³/mol. The van der Waals surface area contributed by atoms with Crippen molar-refractivity contribution in [3.63, 3.8) is 0 Å². The molecule has 0 aliphatic heterocycles. The SMILES string of the molecule is N=C(N)c1ccccc1C(O)C(O)CCl. The highest BCUT2D eigenvalue weighted by atomic mass is 35.5. The highest BCUT2D eigenvalue weighted by Gasteiger charge is 2.20. The molecule has 1 rings (SSSR count). The van der Waals surface area contributed by atoms with E-state index in [0.717, 1.165) is 0 Å². The number of nitrogens with one attached hydrogen (secondary N) is 1. The molecule has 15 heavy (non-hydrogen) atoms. The first-order valence-electron chi connectivity index (χ1n) is 4.43. The first-order chi connectivity index (χ1) is 7.07. The quantitative estimate of drug-likeness (QED) is 0.346. The largest absolute Gasteiger partial charge is 0.389 e. The van der Waals surface area contributed by atoms with Crippen molar-refractivity contribution in [3.8, 4) is 0 Å². The highest BCUT2D eigenvalue weighted by molar-refractivity contribution is 6.18. The van der Waals surface area contributed by atoms with Gasteiger partial charge in [0.1, 0.15) is 11.9 Å². The number of hydrogen-bond acceptors (Lipinski definition) is 3. The molecule has 5 N–H and O–H groups in total. The first kappa shape index (κ1) is 12.0. The lowest BCUT2D eigenvalue weighted by Gasteiger charge is -2.18. The Labute approximate surface area is 92.8 Å². The van der Waals surface area contributed by atoms with Gasteiger partial charge in [-0.15, -0.1) is 11.6 Å². The van der Waals surface area contributed by atoms with Crippen LogP contribution in [0.3, 0.4) is 0 Å². The topological polar surface area (TPSA) is 90.3 Å². The number of aliphatic hydroxyl groups is 2. The molecule has 1 aromatic rings. The van der Waals surface area contributed by atoms with Crippen molar-refractivity contribution >= 4 is 17.4 Å². The van der Waals surface area contributed by atoms with Gasteiger partial charge in [-0.1, -0.05) is 24.3 Å². The molecule has 0 radical (unpaired) electrons. The van der Waals surface area contributed by atoms with Crippen LogP contribution in [0.25, 0.3) is 0 Å². The molecule has 0 heterocycles. The fraction of sp³-hybridized carbons (Fsp3) is 0.300. The van der Waals surface area contributed by atoms with Crippen molar-refractivity contribution in [2.24, 2.45) is 5.73 Å². The van der Waals surface area contributed by atoms with E-state index in [-0.39, 0.29) is 11.7 Å². The molecule has 0 aromatic heterocycles. The van der Waals surface area contributed by atoms with Gasteiger partial charge in [-0.25, -0.2) is 0 Å².